The molecule has 2 aliphatic rings. The Morgan fingerprint density at radius 3 is 2.61 bits per heavy atom. The number of amides is 2. The van der Waals surface area contributed by atoms with Gasteiger partial charge in [0, 0.05) is 35.1 Å². The standard InChI is InChI=1S/C26H24BrN3O3/c1-16-23-21(28-29-25(31)19-9-4-5-10-20(19)27)11-6-12-22(23)33-24(16)26(32)30-14-13-17-7-2-3-8-18(17)15-30/h2-5,7-10H,6,11-15H2,1H3,(H,29,31)/b28-21+. The number of hydrogen-bond acceptors (Lipinski definition) is 4. The number of nitrogens with one attached hydrogen (secondary N) is 1. The van der Waals surface area contributed by atoms with E-state index in [2.05, 4.69) is 38.6 Å². The van der Waals surface area contributed by atoms with Gasteiger partial charge in [0.25, 0.3) is 11.8 Å². The molecule has 168 valence electrons. The van der Waals surface area contributed by atoms with Crippen molar-refractivity contribution in [3.63, 3.8) is 0 Å². The number of hydrogen-bond donors (Lipinski definition) is 1. The molecule has 0 saturated carbocycles. The van der Waals surface area contributed by atoms with E-state index >= 15 is 0 Å². The van der Waals surface area contributed by atoms with Crippen LogP contribution in [-0.2, 0) is 19.4 Å². The van der Waals surface area contributed by atoms with Crippen molar-refractivity contribution >= 4 is 33.5 Å². The van der Waals surface area contributed by atoms with Gasteiger partial charge in [0.1, 0.15) is 5.76 Å². The third kappa shape index (κ3) is 4.13. The van der Waals surface area contributed by atoms with E-state index in [0.717, 1.165) is 41.9 Å². The van der Waals surface area contributed by atoms with Gasteiger partial charge >= 0.3 is 0 Å². The van der Waals surface area contributed by atoms with Gasteiger partial charge in [-0.2, -0.15) is 5.10 Å². The number of benzene rings is 2. The average Bonchev–Trinajstić information content (AvgIpc) is 3.19. The van der Waals surface area contributed by atoms with E-state index in [9.17, 15) is 9.59 Å². The Morgan fingerprint density at radius 2 is 1.79 bits per heavy atom. The molecule has 0 bridgehead atoms. The number of carbonyl (C=O) groups is 2. The van der Waals surface area contributed by atoms with Crippen molar-refractivity contribution < 1.29 is 14.0 Å². The Balaban J connectivity index is 1.39. The predicted molar refractivity (Wildman–Crippen MR) is 129 cm³/mol. The highest BCUT2D eigenvalue weighted by Crippen LogP contribution is 2.31. The molecule has 0 spiro atoms. The molecule has 3 aromatic rings. The maximum atomic E-state index is 13.4. The first-order valence-corrected chi connectivity index (χ1v) is 11.9. The fourth-order valence-electron chi connectivity index (χ4n) is 4.62. The van der Waals surface area contributed by atoms with E-state index in [4.69, 9.17) is 4.42 Å². The van der Waals surface area contributed by atoms with E-state index in [1.54, 1.807) is 6.07 Å². The molecule has 0 fully saturated rings. The zero-order valence-electron chi connectivity index (χ0n) is 18.4. The minimum absolute atomic E-state index is 0.0898. The Labute approximate surface area is 200 Å². The average molecular weight is 506 g/mol. The van der Waals surface area contributed by atoms with Gasteiger partial charge in [-0.25, -0.2) is 5.43 Å². The summed E-state index contributed by atoms with van der Waals surface area (Å²) in [6.07, 6.45) is 3.17. The van der Waals surface area contributed by atoms with Crippen molar-refractivity contribution in [1.82, 2.24) is 10.3 Å². The predicted octanol–water partition coefficient (Wildman–Crippen LogP) is 5.02. The van der Waals surface area contributed by atoms with Crippen LogP contribution in [0.5, 0.6) is 0 Å². The SMILES string of the molecule is Cc1c(C(=O)N2CCc3ccccc3C2)oc2c1/C(=N/NC(=O)c1ccccc1Br)CCC2. The zero-order chi connectivity index (χ0) is 22.9. The summed E-state index contributed by atoms with van der Waals surface area (Å²) in [5.41, 5.74) is 8.07. The van der Waals surface area contributed by atoms with Crippen LogP contribution >= 0.6 is 15.9 Å². The summed E-state index contributed by atoms with van der Waals surface area (Å²) in [6.45, 7) is 3.16. The number of fused-ring (bicyclic) bond motifs is 2. The van der Waals surface area contributed by atoms with Crippen molar-refractivity contribution in [3.05, 3.63) is 92.3 Å². The van der Waals surface area contributed by atoms with Crippen LogP contribution < -0.4 is 5.43 Å². The highest BCUT2D eigenvalue weighted by Gasteiger charge is 2.31. The van der Waals surface area contributed by atoms with Crippen LogP contribution in [0.3, 0.4) is 0 Å². The van der Waals surface area contributed by atoms with Crippen molar-refractivity contribution in [2.24, 2.45) is 5.10 Å². The third-order valence-electron chi connectivity index (χ3n) is 6.35. The fourth-order valence-corrected chi connectivity index (χ4v) is 5.09. The first kappa shape index (κ1) is 21.6. The lowest BCUT2D eigenvalue weighted by Crippen LogP contribution is -2.36. The van der Waals surface area contributed by atoms with Crippen molar-refractivity contribution in [1.29, 1.82) is 0 Å². The summed E-state index contributed by atoms with van der Waals surface area (Å²) in [4.78, 5) is 27.8. The molecule has 33 heavy (non-hydrogen) atoms. The first-order valence-electron chi connectivity index (χ1n) is 11.1. The molecule has 0 unspecified atom stereocenters. The van der Waals surface area contributed by atoms with Crippen LogP contribution in [0.1, 0.15) is 61.8 Å². The molecule has 0 atom stereocenters. The molecule has 7 heteroatoms. The van der Waals surface area contributed by atoms with Crippen LogP contribution in [0.4, 0.5) is 0 Å². The van der Waals surface area contributed by atoms with Crippen LogP contribution in [-0.4, -0.2) is 29.0 Å². The number of furan rings is 1. The summed E-state index contributed by atoms with van der Waals surface area (Å²) in [5.74, 6) is 0.777. The van der Waals surface area contributed by atoms with Crippen LogP contribution in [0.15, 0.2) is 62.5 Å². The highest BCUT2D eigenvalue weighted by molar-refractivity contribution is 9.10. The lowest BCUT2D eigenvalue weighted by Gasteiger charge is -2.28. The normalized spacial score (nSPS) is 16.3. The lowest BCUT2D eigenvalue weighted by molar-refractivity contribution is 0.0699. The number of carbonyl (C=O) groups excluding carboxylic acids is 2. The number of halogens is 1. The van der Waals surface area contributed by atoms with Crippen molar-refractivity contribution in [3.8, 4) is 0 Å². The molecule has 2 heterocycles. The minimum atomic E-state index is -0.286. The second-order valence-corrected chi connectivity index (χ2v) is 9.29. The third-order valence-corrected chi connectivity index (χ3v) is 7.04. The zero-order valence-corrected chi connectivity index (χ0v) is 19.9. The smallest absolute Gasteiger partial charge is 0.290 e. The summed E-state index contributed by atoms with van der Waals surface area (Å²) >= 11 is 3.40. The molecular formula is C26H24BrN3O3. The number of rotatable bonds is 3. The molecule has 5 rings (SSSR count). The molecule has 0 saturated heterocycles. The van der Waals surface area contributed by atoms with Gasteiger partial charge in [-0.3, -0.25) is 9.59 Å². The molecule has 0 radical (unpaired) electrons. The number of hydrazone groups is 1. The van der Waals surface area contributed by atoms with E-state index in [1.807, 2.05) is 42.2 Å². The maximum absolute atomic E-state index is 13.4. The topological polar surface area (TPSA) is 74.9 Å². The summed E-state index contributed by atoms with van der Waals surface area (Å²) in [7, 11) is 0. The molecule has 6 nitrogen and oxygen atoms in total. The molecule has 1 aliphatic carbocycles. The molecule has 1 N–H and O–H groups in total. The molecule has 1 aromatic heterocycles. The van der Waals surface area contributed by atoms with Gasteiger partial charge in [0.15, 0.2) is 5.76 Å². The Bertz CT molecular complexity index is 1280. The molecular weight excluding hydrogens is 482 g/mol. The monoisotopic (exact) mass is 505 g/mol. The molecule has 2 aromatic carbocycles. The van der Waals surface area contributed by atoms with E-state index in [0.29, 0.717) is 35.3 Å². The Hall–Kier alpha value is -3.19. The van der Waals surface area contributed by atoms with Gasteiger partial charge in [0.2, 0.25) is 0 Å². The van der Waals surface area contributed by atoms with E-state index < -0.39 is 0 Å². The van der Waals surface area contributed by atoms with Gasteiger partial charge in [-0.15, -0.1) is 0 Å². The Morgan fingerprint density at radius 1 is 1.03 bits per heavy atom. The lowest BCUT2D eigenvalue weighted by atomic mass is 9.93. The van der Waals surface area contributed by atoms with Crippen LogP contribution in [0.2, 0.25) is 0 Å². The number of nitrogens with zero attached hydrogens (tertiary/aromatic N) is 2. The first-order chi connectivity index (χ1) is 16.0. The van der Waals surface area contributed by atoms with Gasteiger partial charge in [-0.05, 0) is 65.4 Å². The van der Waals surface area contributed by atoms with Crippen molar-refractivity contribution in [2.45, 2.75) is 39.2 Å². The maximum Gasteiger partial charge on any atom is 0.290 e. The molecule has 1 aliphatic heterocycles. The largest absolute Gasteiger partial charge is 0.455 e. The van der Waals surface area contributed by atoms with Gasteiger partial charge in [0.05, 0.1) is 11.3 Å². The summed E-state index contributed by atoms with van der Waals surface area (Å²) in [5, 5.41) is 4.43. The van der Waals surface area contributed by atoms with Crippen molar-refractivity contribution in [2.75, 3.05) is 6.54 Å². The summed E-state index contributed by atoms with van der Waals surface area (Å²) < 4.78 is 6.80. The van der Waals surface area contributed by atoms with Gasteiger partial charge < -0.3 is 9.32 Å². The molecule has 2 amide bonds. The van der Waals surface area contributed by atoms with Crippen LogP contribution in [0, 0.1) is 6.92 Å². The second kappa shape index (κ2) is 8.98. The van der Waals surface area contributed by atoms with E-state index in [-0.39, 0.29) is 11.8 Å². The summed E-state index contributed by atoms with van der Waals surface area (Å²) in [6, 6.07) is 15.5. The fraction of sp³-hybridized carbons (Fsp3) is 0.269. The van der Waals surface area contributed by atoms with Crippen LogP contribution in [0.25, 0.3) is 0 Å². The minimum Gasteiger partial charge on any atom is -0.455 e. The number of aryl methyl sites for hydroxylation is 1. The Kier molecular flexibility index (Phi) is 5.89. The van der Waals surface area contributed by atoms with E-state index in [1.165, 1.54) is 11.1 Å². The van der Waals surface area contributed by atoms with Gasteiger partial charge in [-0.1, -0.05) is 36.4 Å². The highest BCUT2D eigenvalue weighted by atomic mass is 79.9. The second-order valence-electron chi connectivity index (χ2n) is 8.43. The quantitative estimate of drug-likeness (QED) is 0.507.